The molecule has 1 aliphatic carbocycles. The molecule has 2 amide bonds. The van der Waals surface area contributed by atoms with Crippen molar-refractivity contribution in [1.82, 2.24) is 9.80 Å². The van der Waals surface area contributed by atoms with Crippen LogP contribution in [0.3, 0.4) is 0 Å². The summed E-state index contributed by atoms with van der Waals surface area (Å²) in [5.74, 6) is 0.544. The Morgan fingerprint density at radius 3 is 2.16 bits per heavy atom. The van der Waals surface area contributed by atoms with Gasteiger partial charge in [-0.05, 0) is 74.2 Å². The standard InChI is InChI=1S/C27H30N4O3.CH2O2/c28-18-20-4-6-21(7-5-20)27(33)30-16-17-31(26(32)19-30)23-8-10-24(11-9-23)34-25-12-14-29(15-13-25)22-2-1-3-22;2-1-3/h4-11,22,25H,1-3,12-17,19H2;1H,(H,2,3). The largest absolute Gasteiger partial charge is 0.490 e. The molecule has 0 spiro atoms. The van der Waals surface area contributed by atoms with E-state index < -0.39 is 0 Å². The molecule has 194 valence electrons. The maximum absolute atomic E-state index is 12.8. The van der Waals surface area contributed by atoms with Crippen LogP contribution in [0.4, 0.5) is 5.69 Å². The highest BCUT2D eigenvalue weighted by Gasteiger charge is 2.30. The average molecular weight is 505 g/mol. The molecular formula is C28H32N4O5. The zero-order valence-corrected chi connectivity index (χ0v) is 20.8. The molecule has 0 atom stereocenters. The number of piperazine rings is 1. The Hall–Kier alpha value is -3.90. The van der Waals surface area contributed by atoms with Gasteiger partial charge in [0.1, 0.15) is 18.4 Å². The minimum Gasteiger partial charge on any atom is -0.490 e. The van der Waals surface area contributed by atoms with Crippen molar-refractivity contribution >= 4 is 24.0 Å². The Morgan fingerprint density at radius 1 is 0.973 bits per heavy atom. The summed E-state index contributed by atoms with van der Waals surface area (Å²) >= 11 is 0. The van der Waals surface area contributed by atoms with Crippen LogP contribution in [0.5, 0.6) is 5.75 Å². The van der Waals surface area contributed by atoms with Crippen molar-refractivity contribution in [3.05, 3.63) is 59.7 Å². The Morgan fingerprint density at radius 2 is 1.62 bits per heavy atom. The number of nitriles is 1. The molecule has 0 bridgehead atoms. The lowest BCUT2D eigenvalue weighted by Gasteiger charge is -2.41. The van der Waals surface area contributed by atoms with Crippen LogP contribution in [0.2, 0.25) is 0 Å². The first-order valence-electron chi connectivity index (χ1n) is 12.7. The molecule has 3 aliphatic rings. The number of hydrogen-bond acceptors (Lipinski definition) is 6. The van der Waals surface area contributed by atoms with Gasteiger partial charge in [-0.1, -0.05) is 6.42 Å². The number of piperidine rings is 1. The maximum atomic E-state index is 12.8. The van der Waals surface area contributed by atoms with E-state index in [0.29, 0.717) is 24.2 Å². The number of ether oxygens (including phenoxy) is 1. The van der Waals surface area contributed by atoms with Crippen LogP contribution in [-0.4, -0.2) is 78.1 Å². The topological polar surface area (TPSA) is 114 Å². The highest BCUT2D eigenvalue weighted by Crippen LogP contribution is 2.29. The molecule has 5 rings (SSSR count). The molecule has 2 aromatic carbocycles. The van der Waals surface area contributed by atoms with Gasteiger partial charge < -0.3 is 24.5 Å². The van der Waals surface area contributed by atoms with Gasteiger partial charge >= 0.3 is 0 Å². The van der Waals surface area contributed by atoms with Gasteiger partial charge in [0.25, 0.3) is 12.4 Å². The summed E-state index contributed by atoms with van der Waals surface area (Å²) in [6.07, 6.45) is 6.45. The minimum absolute atomic E-state index is 0.0383. The fourth-order valence-electron chi connectivity index (χ4n) is 5.00. The second-order valence-electron chi connectivity index (χ2n) is 9.50. The van der Waals surface area contributed by atoms with Gasteiger partial charge in [-0.25, -0.2) is 0 Å². The Bertz CT molecular complexity index is 1120. The number of nitrogens with zero attached hydrogens (tertiary/aromatic N) is 4. The van der Waals surface area contributed by atoms with Crippen LogP contribution in [0.15, 0.2) is 48.5 Å². The van der Waals surface area contributed by atoms with Crippen molar-refractivity contribution in [2.75, 3.05) is 37.6 Å². The number of carbonyl (C=O) groups excluding carboxylic acids is 2. The van der Waals surface area contributed by atoms with Crippen molar-refractivity contribution in [3.63, 3.8) is 0 Å². The third kappa shape index (κ3) is 6.46. The SMILES string of the molecule is N#Cc1ccc(C(=O)N2CCN(c3ccc(OC4CCN(C5CCC5)CC4)cc3)C(=O)C2)cc1.O=CO. The number of hydrogen-bond donors (Lipinski definition) is 1. The lowest BCUT2D eigenvalue weighted by molar-refractivity contribution is -0.123. The zero-order valence-electron chi connectivity index (χ0n) is 20.8. The summed E-state index contributed by atoms with van der Waals surface area (Å²) in [5, 5.41) is 15.8. The summed E-state index contributed by atoms with van der Waals surface area (Å²) < 4.78 is 6.22. The maximum Gasteiger partial charge on any atom is 0.290 e. The summed E-state index contributed by atoms with van der Waals surface area (Å²) in [4.78, 5) is 39.8. The van der Waals surface area contributed by atoms with E-state index in [-0.39, 0.29) is 30.9 Å². The molecule has 2 saturated heterocycles. The molecule has 3 fully saturated rings. The predicted molar refractivity (Wildman–Crippen MR) is 137 cm³/mol. The Labute approximate surface area is 216 Å². The number of carboxylic acid groups (broad SMARTS) is 1. The van der Waals surface area contributed by atoms with Gasteiger partial charge in [0.2, 0.25) is 5.91 Å². The van der Waals surface area contributed by atoms with E-state index in [9.17, 15) is 9.59 Å². The van der Waals surface area contributed by atoms with Crippen LogP contribution in [0.1, 0.15) is 48.0 Å². The first-order valence-corrected chi connectivity index (χ1v) is 12.7. The molecule has 0 aromatic heterocycles. The third-order valence-electron chi connectivity index (χ3n) is 7.29. The van der Waals surface area contributed by atoms with E-state index in [1.54, 1.807) is 34.1 Å². The van der Waals surface area contributed by atoms with Crippen LogP contribution < -0.4 is 9.64 Å². The highest BCUT2D eigenvalue weighted by atomic mass is 16.5. The first-order chi connectivity index (χ1) is 18.0. The molecule has 2 aromatic rings. The summed E-state index contributed by atoms with van der Waals surface area (Å²) in [6.45, 7) is 2.93. The zero-order chi connectivity index (χ0) is 26.2. The first kappa shape index (κ1) is 26.2. The molecule has 1 N–H and O–H groups in total. The van der Waals surface area contributed by atoms with Crippen molar-refractivity contribution < 1.29 is 24.2 Å². The molecule has 9 heteroatoms. The Balaban J connectivity index is 0.00000102. The van der Waals surface area contributed by atoms with Crippen molar-refractivity contribution in [2.24, 2.45) is 0 Å². The molecule has 1 saturated carbocycles. The van der Waals surface area contributed by atoms with Gasteiger partial charge in [-0.2, -0.15) is 5.26 Å². The minimum atomic E-state index is -0.250. The monoisotopic (exact) mass is 504 g/mol. The highest BCUT2D eigenvalue weighted by molar-refractivity contribution is 6.01. The number of carbonyl (C=O) groups is 3. The molecule has 2 heterocycles. The number of likely N-dealkylation sites (tertiary alicyclic amines) is 1. The quantitative estimate of drug-likeness (QED) is 0.622. The van der Waals surface area contributed by atoms with E-state index in [1.165, 1.54) is 19.3 Å². The molecule has 0 radical (unpaired) electrons. The lowest BCUT2D eigenvalue weighted by atomic mass is 9.90. The predicted octanol–water partition coefficient (Wildman–Crippen LogP) is 3.14. The lowest BCUT2D eigenvalue weighted by Crippen LogP contribution is -2.52. The fraction of sp³-hybridized carbons (Fsp3) is 0.429. The van der Waals surface area contributed by atoms with E-state index >= 15 is 0 Å². The van der Waals surface area contributed by atoms with Crippen molar-refractivity contribution in [1.29, 1.82) is 5.26 Å². The van der Waals surface area contributed by atoms with Gasteiger partial charge in [0.15, 0.2) is 0 Å². The van der Waals surface area contributed by atoms with Crippen LogP contribution >= 0.6 is 0 Å². The molecule has 0 unspecified atom stereocenters. The van der Waals surface area contributed by atoms with Gasteiger partial charge in [0.05, 0.1) is 11.6 Å². The second-order valence-corrected chi connectivity index (χ2v) is 9.50. The summed E-state index contributed by atoms with van der Waals surface area (Å²) in [6, 6.07) is 17.1. The number of benzene rings is 2. The van der Waals surface area contributed by atoms with E-state index in [4.69, 9.17) is 19.9 Å². The van der Waals surface area contributed by atoms with Gasteiger partial charge in [0, 0.05) is 43.5 Å². The smallest absolute Gasteiger partial charge is 0.290 e. The third-order valence-corrected chi connectivity index (χ3v) is 7.29. The summed E-state index contributed by atoms with van der Waals surface area (Å²) in [5.41, 5.74) is 1.81. The number of rotatable bonds is 5. The number of anilines is 1. The van der Waals surface area contributed by atoms with Crippen LogP contribution in [-0.2, 0) is 9.59 Å². The summed E-state index contributed by atoms with van der Waals surface area (Å²) in [7, 11) is 0. The normalized spacial score (nSPS) is 18.7. The van der Waals surface area contributed by atoms with Crippen molar-refractivity contribution in [3.8, 4) is 11.8 Å². The molecule has 9 nitrogen and oxygen atoms in total. The Kier molecular flexibility index (Phi) is 8.75. The van der Waals surface area contributed by atoms with E-state index in [1.807, 2.05) is 30.3 Å². The van der Waals surface area contributed by atoms with Crippen LogP contribution in [0, 0.1) is 11.3 Å². The van der Waals surface area contributed by atoms with Gasteiger partial charge in [-0.3, -0.25) is 14.4 Å². The van der Waals surface area contributed by atoms with E-state index in [2.05, 4.69) is 4.90 Å². The van der Waals surface area contributed by atoms with Crippen LogP contribution in [0.25, 0.3) is 0 Å². The molecular weight excluding hydrogens is 472 g/mol. The second kappa shape index (κ2) is 12.4. The fourth-order valence-corrected chi connectivity index (χ4v) is 5.00. The van der Waals surface area contributed by atoms with Gasteiger partial charge in [-0.15, -0.1) is 0 Å². The molecule has 37 heavy (non-hydrogen) atoms. The number of amides is 2. The average Bonchev–Trinajstić information content (AvgIpc) is 2.89. The van der Waals surface area contributed by atoms with E-state index in [0.717, 1.165) is 43.4 Å². The molecule has 2 aliphatic heterocycles. The van der Waals surface area contributed by atoms with Crippen molar-refractivity contribution in [2.45, 2.75) is 44.2 Å².